The molecule has 0 aliphatic heterocycles. The number of Topliss-reactive ketones (excluding diaryl/α,β-unsaturated/α-hetero) is 1. The van der Waals surface area contributed by atoms with Gasteiger partial charge in [0.1, 0.15) is 11.5 Å². The molecule has 0 saturated carbocycles. The number of phenolic OH excluding ortho intramolecular Hbond substituents is 1. The second kappa shape index (κ2) is 4.62. The van der Waals surface area contributed by atoms with Crippen LogP contribution in [-0.4, -0.2) is 23.5 Å². The van der Waals surface area contributed by atoms with Crippen molar-refractivity contribution in [2.24, 2.45) is 5.73 Å². The largest absolute Gasteiger partial charge is 0.508 e. The van der Waals surface area contributed by atoms with E-state index >= 15 is 0 Å². The third kappa shape index (κ3) is 2.74. The maximum absolute atomic E-state index is 11.1. The number of ether oxygens (including phenoxy) is 1. The molecule has 76 valence electrons. The number of phenols is 1. The van der Waals surface area contributed by atoms with Crippen LogP contribution in [0.25, 0.3) is 0 Å². The summed E-state index contributed by atoms with van der Waals surface area (Å²) in [7, 11) is 0. The summed E-state index contributed by atoms with van der Waals surface area (Å²) in [5, 5.41) is 9.13. The van der Waals surface area contributed by atoms with E-state index in [1.807, 2.05) is 0 Å². The number of rotatable bonds is 4. The zero-order chi connectivity index (χ0) is 10.6. The summed E-state index contributed by atoms with van der Waals surface area (Å²) >= 11 is 0. The molecule has 1 atom stereocenters. The van der Waals surface area contributed by atoms with E-state index in [-0.39, 0.29) is 18.1 Å². The molecule has 14 heavy (non-hydrogen) atoms. The van der Waals surface area contributed by atoms with E-state index in [1.54, 1.807) is 19.1 Å². The summed E-state index contributed by atoms with van der Waals surface area (Å²) in [4.78, 5) is 11.1. The quantitative estimate of drug-likeness (QED) is 0.741. The van der Waals surface area contributed by atoms with Crippen molar-refractivity contribution in [1.82, 2.24) is 0 Å². The zero-order valence-corrected chi connectivity index (χ0v) is 7.93. The molecule has 0 amide bonds. The van der Waals surface area contributed by atoms with Crippen LogP contribution in [0.4, 0.5) is 0 Å². The van der Waals surface area contributed by atoms with Crippen LogP contribution >= 0.6 is 0 Å². The predicted molar refractivity (Wildman–Crippen MR) is 52.3 cm³/mol. The molecule has 0 aliphatic rings. The highest BCUT2D eigenvalue weighted by Crippen LogP contribution is 2.18. The number of hydrogen-bond donors (Lipinski definition) is 2. The molecular weight excluding hydrogens is 182 g/mol. The standard InChI is InChI=1S/C10H13NO3/c1-7(10(13)6-11)14-9-4-2-3-8(12)5-9/h2-5,7,12H,6,11H2,1H3. The molecule has 0 fully saturated rings. The van der Waals surface area contributed by atoms with E-state index in [1.165, 1.54) is 12.1 Å². The van der Waals surface area contributed by atoms with Crippen molar-refractivity contribution < 1.29 is 14.6 Å². The summed E-state index contributed by atoms with van der Waals surface area (Å²) in [5.74, 6) is 0.391. The fourth-order valence-corrected chi connectivity index (χ4v) is 0.993. The van der Waals surface area contributed by atoms with Crippen LogP contribution in [0, 0.1) is 0 Å². The normalized spacial score (nSPS) is 12.1. The maximum Gasteiger partial charge on any atom is 0.186 e. The SMILES string of the molecule is CC(Oc1cccc(O)c1)C(=O)CN. The van der Waals surface area contributed by atoms with Gasteiger partial charge in [0.2, 0.25) is 0 Å². The van der Waals surface area contributed by atoms with E-state index in [0.29, 0.717) is 5.75 Å². The summed E-state index contributed by atoms with van der Waals surface area (Å²) in [6, 6.07) is 6.28. The van der Waals surface area contributed by atoms with Gasteiger partial charge in [0.25, 0.3) is 0 Å². The van der Waals surface area contributed by atoms with Crippen LogP contribution in [0.2, 0.25) is 0 Å². The van der Waals surface area contributed by atoms with Crippen LogP contribution in [-0.2, 0) is 4.79 Å². The fourth-order valence-electron chi connectivity index (χ4n) is 0.993. The van der Waals surface area contributed by atoms with Crippen LogP contribution in [0.5, 0.6) is 11.5 Å². The Labute approximate surface area is 82.3 Å². The number of carbonyl (C=O) groups excluding carboxylic acids is 1. The van der Waals surface area contributed by atoms with Crippen molar-refractivity contribution in [3.63, 3.8) is 0 Å². The van der Waals surface area contributed by atoms with Crippen LogP contribution in [0.1, 0.15) is 6.92 Å². The maximum atomic E-state index is 11.1. The van der Waals surface area contributed by atoms with Crippen molar-refractivity contribution in [3.05, 3.63) is 24.3 Å². The third-order valence-corrected chi connectivity index (χ3v) is 1.79. The van der Waals surface area contributed by atoms with Gasteiger partial charge in [-0.1, -0.05) is 6.07 Å². The molecule has 1 unspecified atom stereocenters. The number of aromatic hydroxyl groups is 1. The first-order valence-corrected chi connectivity index (χ1v) is 4.32. The first kappa shape index (κ1) is 10.5. The predicted octanol–water partition coefficient (Wildman–Crippen LogP) is 0.687. The monoisotopic (exact) mass is 195 g/mol. The molecule has 1 rings (SSSR count). The lowest BCUT2D eigenvalue weighted by atomic mass is 10.2. The van der Waals surface area contributed by atoms with Crippen molar-refractivity contribution >= 4 is 5.78 Å². The molecule has 0 aromatic heterocycles. The smallest absolute Gasteiger partial charge is 0.186 e. The van der Waals surface area contributed by atoms with Gasteiger partial charge in [0, 0.05) is 6.07 Å². The van der Waals surface area contributed by atoms with E-state index in [2.05, 4.69) is 0 Å². The van der Waals surface area contributed by atoms with Gasteiger partial charge in [-0.2, -0.15) is 0 Å². The van der Waals surface area contributed by atoms with Gasteiger partial charge in [-0.3, -0.25) is 4.79 Å². The fraction of sp³-hybridized carbons (Fsp3) is 0.300. The Morgan fingerprint density at radius 3 is 2.93 bits per heavy atom. The topological polar surface area (TPSA) is 72.5 Å². The molecule has 1 aromatic carbocycles. The zero-order valence-electron chi connectivity index (χ0n) is 7.93. The third-order valence-electron chi connectivity index (χ3n) is 1.79. The average molecular weight is 195 g/mol. The second-order valence-corrected chi connectivity index (χ2v) is 2.93. The van der Waals surface area contributed by atoms with Crippen molar-refractivity contribution in [3.8, 4) is 11.5 Å². The van der Waals surface area contributed by atoms with Gasteiger partial charge >= 0.3 is 0 Å². The molecule has 0 spiro atoms. The van der Waals surface area contributed by atoms with Gasteiger partial charge < -0.3 is 15.6 Å². The minimum atomic E-state index is -0.582. The lowest BCUT2D eigenvalue weighted by Crippen LogP contribution is -2.30. The number of ketones is 1. The number of hydrogen-bond acceptors (Lipinski definition) is 4. The minimum absolute atomic E-state index is 0.0417. The molecule has 3 N–H and O–H groups in total. The molecule has 0 bridgehead atoms. The Balaban J connectivity index is 2.64. The van der Waals surface area contributed by atoms with Crippen molar-refractivity contribution in [2.75, 3.05) is 6.54 Å². The second-order valence-electron chi connectivity index (χ2n) is 2.93. The average Bonchev–Trinajstić information content (AvgIpc) is 2.16. The van der Waals surface area contributed by atoms with Crippen molar-refractivity contribution in [2.45, 2.75) is 13.0 Å². The first-order chi connectivity index (χ1) is 6.63. The summed E-state index contributed by atoms with van der Waals surface area (Å²) in [6.45, 7) is 1.58. The van der Waals surface area contributed by atoms with Crippen molar-refractivity contribution in [1.29, 1.82) is 0 Å². The van der Waals surface area contributed by atoms with E-state index in [0.717, 1.165) is 0 Å². The van der Waals surface area contributed by atoms with Gasteiger partial charge in [-0.25, -0.2) is 0 Å². The molecule has 4 heteroatoms. The Hall–Kier alpha value is -1.55. The Kier molecular flexibility index (Phi) is 3.48. The van der Waals surface area contributed by atoms with Gasteiger partial charge in [0.05, 0.1) is 6.54 Å². The Morgan fingerprint density at radius 1 is 1.64 bits per heavy atom. The number of benzene rings is 1. The van der Waals surface area contributed by atoms with Crippen LogP contribution in [0.3, 0.4) is 0 Å². The number of nitrogens with two attached hydrogens (primary N) is 1. The summed E-state index contributed by atoms with van der Waals surface area (Å²) in [5.41, 5.74) is 5.18. The summed E-state index contributed by atoms with van der Waals surface area (Å²) in [6.07, 6.45) is -0.582. The molecule has 0 heterocycles. The lowest BCUT2D eigenvalue weighted by molar-refractivity contribution is -0.123. The molecule has 1 aromatic rings. The molecule has 0 radical (unpaired) electrons. The van der Waals surface area contributed by atoms with Crippen LogP contribution in [0.15, 0.2) is 24.3 Å². The number of carbonyl (C=O) groups is 1. The highest BCUT2D eigenvalue weighted by atomic mass is 16.5. The van der Waals surface area contributed by atoms with Crippen LogP contribution < -0.4 is 10.5 Å². The highest BCUT2D eigenvalue weighted by Gasteiger charge is 2.12. The van der Waals surface area contributed by atoms with E-state index in [9.17, 15) is 4.79 Å². The Morgan fingerprint density at radius 2 is 2.36 bits per heavy atom. The molecule has 0 aliphatic carbocycles. The molecular formula is C10H13NO3. The van der Waals surface area contributed by atoms with Gasteiger partial charge in [-0.15, -0.1) is 0 Å². The van der Waals surface area contributed by atoms with Gasteiger partial charge in [-0.05, 0) is 19.1 Å². The van der Waals surface area contributed by atoms with Gasteiger partial charge in [0.15, 0.2) is 11.9 Å². The first-order valence-electron chi connectivity index (χ1n) is 4.32. The Bertz CT molecular complexity index is 325. The molecule has 4 nitrogen and oxygen atoms in total. The van der Waals surface area contributed by atoms with E-state index < -0.39 is 6.10 Å². The summed E-state index contributed by atoms with van der Waals surface area (Å²) < 4.78 is 5.26. The minimum Gasteiger partial charge on any atom is -0.508 e. The lowest BCUT2D eigenvalue weighted by Gasteiger charge is -2.12. The van der Waals surface area contributed by atoms with E-state index in [4.69, 9.17) is 15.6 Å². The highest BCUT2D eigenvalue weighted by molar-refractivity contribution is 5.84. The molecule has 0 saturated heterocycles.